The van der Waals surface area contributed by atoms with Crippen LogP contribution in [0.3, 0.4) is 0 Å². The normalized spacial score (nSPS) is 11.9. The number of rotatable bonds is 10. The molecule has 1 heterocycles. The van der Waals surface area contributed by atoms with Gasteiger partial charge in [0, 0.05) is 12.1 Å². The smallest absolute Gasteiger partial charge is 0.267 e. The molecule has 28 heavy (non-hydrogen) atoms. The van der Waals surface area contributed by atoms with Gasteiger partial charge in [-0.05, 0) is 30.7 Å². The van der Waals surface area contributed by atoms with Crippen molar-refractivity contribution < 1.29 is 21.6 Å². The van der Waals surface area contributed by atoms with Crippen molar-refractivity contribution in [1.29, 1.82) is 0 Å². The number of sulfonamides is 2. The highest BCUT2D eigenvalue weighted by atomic mass is 32.2. The van der Waals surface area contributed by atoms with Gasteiger partial charge in [0.25, 0.3) is 20.0 Å². The Morgan fingerprint density at radius 1 is 1.07 bits per heavy atom. The summed E-state index contributed by atoms with van der Waals surface area (Å²) >= 11 is 0.501. The lowest BCUT2D eigenvalue weighted by atomic mass is 10.1. The molecule has 4 N–H and O–H groups in total. The summed E-state index contributed by atoms with van der Waals surface area (Å²) < 4.78 is 48.7. The molecule has 2 aromatic rings. The van der Waals surface area contributed by atoms with E-state index in [9.17, 15) is 21.6 Å². The highest BCUT2D eigenvalue weighted by Gasteiger charge is 2.20. The minimum absolute atomic E-state index is 0.0826. The molecule has 0 aliphatic heterocycles. The van der Waals surface area contributed by atoms with Crippen molar-refractivity contribution in [3.05, 3.63) is 24.3 Å². The Balaban J connectivity index is 1.99. The van der Waals surface area contributed by atoms with Gasteiger partial charge < -0.3 is 5.32 Å². The molecule has 0 bridgehead atoms. The van der Waals surface area contributed by atoms with Gasteiger partial charge in [-0.3, -0.25) is 9.52 Å². The van der Waals surface area contributed by atoms with E-state index in [2.05, 4.69) is 27.2 Å². The lowest BCUT2D eigenvalue weighted by Gasteiger charge is -2.08. The fourth-order valence-electron chi connectivity index (χ4n) is 2.19. The first-order valence-corrected chi connectivity index (χ1v) is 12.3. The number of anilines is 2. The van der Waals surface area contributed by atoms with Gasteiger partial charge in [-0.15, -0.1) is 10.2 Å². The fourth-order valence-corrected chi connectivity index (χ4v) is 4.76. The van der Waals surface area contributed by atoms with Gasteiger partial charge in [0.15, 0.2) is 0 Å². The lowest BCUT2D eigenvalue weighted by Crippen LogP contribution is -2.14. The number of unbranched alkanes of at least 4 members (excludes halogenated alkanes) is 3. The number of carbonyl (C=O) groups is 1. The average molecular weight is 448 g/mol. The van der Waals surface area contributed by atoms with Crippen LogP contribution in [-0.4, -0.2) is 32.9 Å². The Bertz CT molecular complexity index is 1020. The van der Waals surface area contributed by atoms with Crippen molar-refractivity contribution in [3.8, 4) is 0 Å². The Kier molecular flexibility index (Phi) is 7.46. The molecule has 0 saturated carbocycles. The first kappa shape index (κ1) is 22.2. The molecule has 0 fully saturated rings. The number of nitrogens with zero attached hydrogens (tertiary/aromatic N) is 2. The monoisotopic (exact) mass is 447 g/mol. The van der Waals surface area contributed by atoms with Crippen molar-refractivity contribution in [1.82, 2.24) is 10.2 Å². The number of hydrogen-bond acceptors (Lipinski definition) is 8. The van der Waals surface area contributed by atoms with Crippen molar-refractivity contribution in [2.75, 3.05) is 10.0 Å². The molecule has 10 nitrogen and oxygen atoms in total. The van der Waals surface area contributed by atoms with E-state index in [1.54, 1.807) is 0 Å². The average Bonchev–Trinajstić information content (AvgIpc) is 3.07. The standard InChI is InChI=1S/C15H21N5O5S3/c1-2-3-4-5-6-13(21)17-11-7-9-12(10-8-11)28(24,25)20-14-18-19-15(26-14)27(16,22)23/h7-10H,2-6H2,1H3,(H,17,21)(H,18,20)(H2,16,22,23). The Morgan fingerprint density at radius 3 is 2.32 bits per heavy atom. The van der Waals surface area contributed by atoms with E-state index in [1.165, 1.54) is 24.3 Å². The topological polar surface area (TPSA) is 161 Å². The number of primary sulfonamides is 1. The summed E-state index contributed by atoms with van der Waals surface area (Å²) in [5.74, 6) is -0.130. The van der Waals surface area contributed by atoms with E-state index in [-0.39, 0.29) is 15.9 Å². The molecule has 1 aromatic heterocycles. The third-order valence-electron chi connectivity index (χ3n) is 3.58. The Morgan fingerprint density at radius 2 is 1.75 bits per heavy atom. The molecule has 0 unspecified atom stereocenters. The molecule has 154 valence electrons. The van der Waals surface area contributed by atoms with Crippen LogP contribution in [0.2, 0.25) is 0 Å². The van der Waals surface area contributed by atoms with Gasteiger partial charge >= 0.3 is 0 Å². The minimum atomic E-state index is -4.06. The molecule has 0 spiro atoms. The first-order chi connectivity index (χ1) is 13.1. The summed E-state index contributed by atoms with van der Waals surface area (Å²) in [6, 6.07) is 5.57. The molecular formula is C15H21N5O5S3. The van der Waals surface area contributed by atoms with Crippen molar-refractivity contribution in [2.24, 2.45) is 5.14 Å². The number of carbonyl (C=O) groups excluding carboxylic acids is 1. The van der Waals surface area contributed by atoms with Crippen LogP contribution in [0.1, 0.15) is 39.0 Å². The second-order valence-corrected chi connectivity index (χ2v) is 10.3. The second-order valence-electron chi connectivity index (χ2n) is 5.91. The van der Waals surface area contributed by atoms with E-state index in [0.29, 0.717) is 23.4 Å². The zero-order valence-corrected chi connectivity index (χ0v) is 17.5. The van der Waals surface area contributed by atoms with Crippen LogP contribution < -0.4 is 15.2 Å². The Labute approximate surface area is 167 Å². The fraction of sp³-hybridized carbons (Fsp3) is 0.400. The van der Waals surface area contributed by atoms with E-state index in [1.807, 2.05) is 0 Å². The maximum Gasteiger partial charge on any atom is 0.267 e. The Hall–Kier alpha value is -2.09. The molecule has 0 aliphatic carbocycles. The zero-order chi connectivity index (χ0) is 20.8. The summed E-state index contributed by atoms with van der Waals surface area (Å²) in [5, 5.41) is 14.2. The summed E-state index contributed by atoms with van der Waals surface area (Å²) in [6.45, 7) is 2.09. The quantitative estimate of drug-likeness (QED) is 0.468. The van der Waals surface area contributed by atoms with Gasteiger partial charge in [0.2, 0.25) is 15.4 Å². The predicted octanol–water partition coefficient (Wildman–Crippen LogP) is 1.90. The van der Waals surface area contributed by atoms with E-state index < -0.39 is 24.4 Å². The number of amides is 1. The summed E-state index contributed by atoms with van der Waals surface area (Å²) in [6.07, 6.45) is 4.38. The molecule has 0 saturated heterocycles. The van der Waals surface area contributed by atoms with Gasteiger partial charge in [-0.2, -0.15) is 0 Å². The largest absolute Gasteiger partial charge is 0.326 e. The van der Waals surface area contributed by atoms with Gasteiger partial charge in [0.1, 0.15) is 0 Å². The highest BCUT2D eigenvalue weighted by molar-refractivity contribution is 7.93. The third-order valence-corrected chi connectivity index (χ3v) is 7.21. The maximum absolute atomic E-state index is 12.4. The number of benzene rings is 1. The van der Waals surface area contributed by atoms with Crippen molar-refractivity contribution in [2.45, 2.75) is 48.3 Å². The van der Waals surface area contributed by atoms with Crippen LogP contribution in [0.25, 0.3) is 0 Å². The van der Waals surface area contributed by atoms with E-state index >= 15 is 0 Å². The number of aromatic nitrogens is 2. The summed E-state index contributed by atoms with van der Waals surface area (Å²) in [5.41, 5.74) is 0.479. The maximum atomic E-state index is 12.4. The highest BCUT2D eigenvalue weighted by Crippen LogP contribution is 2.23. The van der Waals surface area contributed by atoms with Crippen LogP contribution >= 0.6 is 11.3 Å². The van der Waals surface area contributed by atoms with E-state index in [0.717, 1.165) is 25.7 Å². The van der Waals surface area contributed by atoms with Gasteiger partial charge in [-0.1, -0.05) is 37.5 Å². The molecule has 0 aliphatic rings. The number of nitrogens with one attached hydrogen (secondary N) is 2. The number of hydrogen-bond donors (Lipinski definition) is 3. The first-order valence-electron chi connectivity index (χ1n) is 8.41. The molecule has 1 amide bonds. The van der Waals surface area contributed by atoms with Gasteiger partial charge in [0.05, 0.1) is 4.90 Å². The lowest BCUT2D eigenvalue weighted by molar-refractivity contribution is -0.116. The van der Waals surface area contributed by atoms with Crippen LogP contribution in [0.4, 0.5) is 10.8 Å². The van der Waals surface area contributed by atoms with Crippen LogP contribution in [0.5, 0.6) is 0 Å². The summed E-state index contributed by atoms with van der Waals surface area (Å²) in [4.78, 5) is 11.8. The minimum Gasteiger partial charge on any atom is -0.326 e. The predicted molar refractivity (Wildman–Crippen MR) is 106 cm³/mol. The molecule has 1 aromatic carbocycles. The molecule has 13 heteroatoms. The second kappa shape index (κ2) is 9.41. The van der Waals surface area contributed by atoms with Crippen LogP contribution in [0.15, 0.2) is 33.5 Å². The molecule has 0 radical (unpaired) electrons. The molecule has 2 rings (SSSR count). The molecular weight excluding hydrogens is 426 g/mol. The van der Waals surface area contributed by atoms with Crippen LogP contribution in [0, 0.1) is 0 Å². The zero-order valence-electron chi connectivity index (χ0n) is 15.1. The van der Waals surface area contributed by atoms with Crippen molar-refractivity contribution in [3.63, 3.8) is 0 Å². The SMILES string of the molecule is CCCCCCC(=O)Nc1ccc(S(=O)(=O)Nc2nnc(S(N)(=O)=O)s2)cc1. The van der Waals surface area contributed by atoms with Gasteiger partial charge in [-0.25, -0.2) is 22.0 Å². The third kappa shape index (κ3) is 6.51. The van der Waals surface area contributed by atoms with Crippen LogP contribution in [-0.2, 0) is 24.8 Å². The van der Waals surface area contributed by atoms with E-state index in [4.69, 9.17) is 5.14 Å². The number of nitrogens with two attached hydrogens (primary N) is 1. The summed E-state index contributed by atoms with van der Waals surface area (Å²) in [7, 11) is -8.06. The van der Waals surface area contributed by atoms with Crippen molar-refractivity contribution >= 4 is 48.1 Å². The molecule has 0 atom stereocenters.